The Morgan fingerprint density at radius 1 is 0.769 bits per heavy atom. The SMILES string of the molecule is O=C(O)CCCC(=O)Nc1cc(C(=O)O)ccc1SCCc1ccc(OCCCCOc2ccccc2)cc1. The number of anilines is 1. The number of carboxylic acid groups (broad SMARTS) is 2. The lowest BCUT2D eigenvalue weighted by molar-refractivity contribution is -0.137. The van der Waals surface area contributed by atoms with Gasteiger partial charge in [-0.2, -0.15) is 0 Å². The molecule has 0 radical (unpaired) electrons. The van der Waals surface area contributed by atoms with E-state index in [9.17, 15) is 19.5 Å². The number of carboxylic acids is 2. The Labute approximate surface area is 232 Å². The number of aryl methyl sites for hydroxylation is 1. The zero-order valence-electron chi connectivity index (χ0n) is 21.6. The number of hydrogen-bond acceptors (Lipinski definition) is 6. The smallest absolute Gasteiger partial charge is 0.335 e. The molecule has 0 saturated carbocycles. The molecule has 1 amide bonds. The van der Waals surface area contributed by atoms with Gasteiger partial charge in [0.25, 0.3) is 0 Å². The summed E-state index contributed by atoms with van der Waals surface area (Å²) in [6, 6.07) is 22.3. The molecule has 3 rings (SSSR count). The van der Waals surface area contributed by atoms with Crippen molar-refractivity contribution in [2.45, 2.75) is 43.4 Å². The fraction of sp³-hybridized carbons (Fsp3) is 0.300. The molecule has 0 aliphatic rings. The fourth-order valence-electron chi connectivity index (χ4n) is 3.63. The number of thioether (sulfide) groups is 1. The molecule has 3 aromatic carbocycles. The number of hydrogen-bond donors (Lipinski definition) is 3. The van der Waals surface area contributed by atoms with Crippen molar-refractivity contribution in [3.63, 3.8) is 0 Å². The van der Waals surface area contributed by atoms with Crippen LogP contribution in [0.1, 0.15) is 48.0 Å². The van der Waals surface area contributed by atoms with Crippen LogP contribution >= 0.6 is 11.8 Å². The quantitative estimate of drug-likeness (QED) is 0.135. The second-order valence-electron chi connectivity index (χ2n) is 8.77. The minimum absolute atomic E-state index is 0.0452. The zero-order chi connectivity index (χ0) is 27.9. The molecule has 0 heterocycles. The summed E-state index contributed by atoms with van der Waals surface area (Å²) in [6.07, 6.45) is 2.73. The summed E-state index contributed by atoms with van der Waals surface area (Å²) in [6.45, 7) is 1.27. The number of aliphatic carboxylic acids is 1. The van der Waals surface area contributed by atoms with Gasteiger partial charge in [-0.1, -0.05) is 30.3 Å². The van der Waals surface area contributed by atoms with Gasteiger partial charge in [-0.15, -0.1) is 11.8 Å². The molecule has 9 heteroatoms. The summed E-state index contributed by atoms with van der Waals surface area (Å²) in [5.41, 5.74) is 1.62. The first-order chi connectivity index (χ1) is 18.9. The van der Waals surface area contributed by atoms with E-state index in [1.807, 2.05) is 54.6 Å². The van der Waals surface area contributed by atoms with Crippen LogP contribution in [0.25, 0.3) is 0 Å². The van der Waals surface area contributed by atoms with Gasteiger partial charge < -0.3 is 25.0 Å². The predicted molar refractivity (Wildman–Crippen MR) is 151 cm³/mol. The van der Waals surface area contributed by atoms with Crippen LogP contribution in [0.5, 0.6) is 11.5 Å². The minimum atomic E-state index is -1.09. The number of rotatable bonds is 17. The molecule has 0 unspecified atom stereocenters. The second kappa shape index (κ2) is 16.1. The summed E-state index contributed by atoms with van der Waals surface area (Å²) in [4.78, 5) is 35.1. The summed E-state index contributed by atoms with van der Waals surface area (Å²) < 4.78 is 11.5. The fourth-order valence-corrected chi connectivity index (χ4v) is 4.62. The molecule has 0 bridgehead atoms. The van der Waals surface area contributed by atoms with E-state index in [0.29, 0.717) is 18.9 Å². The van der Waals surface area contributed by atoms with Crippen molar-refractivity contribution in [1.82, 2.24) is 0 Å². The molecule has 3 aromatic rings. The Morgan fingerprint density at radius 2 is 1.44 bits per heavy atom. The van der Waals surface area contributed by atoms with E-state index in [1.165, 1.54) is 23.9 Å². The molecule has 3 N–H and O–H groups in total. The molecule has 0 aliphatic heterocycles. The summed E-state index contributed by atoms with van der Waals surface area (Å²) in [5.74, 6) is 0.00779. The number of nitrogens with one attached hydrogen (secondary N) is 1. The maximum atomic E-state index is 12.3. The van der Waals surface area contributed by atoms with Crippen molar-refractivity contribution in [2.24, 2.45) is 0 Å². The third kappa shape index (κ3) is 11.1. The Hall–Kier alpha value is -3.98. The number of carbonyl (C=O) groups excluding carboxylic acids is 1. The molecule has 0 aromatic heterocycles. The maximum Gasteiger partial charge on any atom is 0.335 e. The molecule has 39 heavy (non-hydrogen) atoms. The lowest BCUT2D eigenvalue weighted by atomic mass is 10.2. The van der Waals surface area contributed by atoms with Crippen molar-refractivity contribution < 1.29 is 34.1 Å². The summed E-state index contributed by atoms with van der Waals surface area (Å²) in [7, 11) is 0. The second-order valence-corrected chi connectivity index (χ2v) is 9.91. The maximum absolute atomic E-state index is 12.3. The number of aromatic carboxylic acids is 1. The average Bonchev–Trinajstić information content (AvgIpc) is 2.92. The van der Waals surface area contributed by atoms with E-state index in [2.05, 4.69) is 5.32 Å². The summed E-state index contributed by atoms with van der Waals surface area (Å²) >= 11 is 1.51. The van der Waals surface area contributed by atoms with Crippen molar-refractivity contribution >= 4 is 35.3 Å². The van der Waals surface area contributed by atoms with E-state index in [1.54, 1.807) is 6.07 Å². The highest BCUT2D eigenvalue weighted by Gasteiger charge is 2.12. The van der Waals surface area contributed by atoms with Crippen molar-refractivity contribution in [1.29, 1.82) is 0 Å². The molecular weight excluding hydrogens is 518 g/mol. The van der Waals surface area contributed by atoms with E-state index in [4.69, 9.17) is 14.6 Å². The molecule has 0 aliphatic carbocycles. The molecule has 0 fully saturated rings. The molecule has 206 valence electrons. The first-order valence-electron chi connectivity index (χ1n) is 12.8. The van der Waals surface area contributed by atoms with Gasteiger partial charge in [0.1, 0.15) is 11.5 Å². The third-order valence-electron chi connectivity index (χ3n) is 5.69. The Bertz CT molecular complexity index is 1220. The van der Waals surface area contributed by atoms with Crippen LogP contribution in [0, 0.1) is 0 Å². The standard InChI is InChI=1S/C30H33NO7S/c32-28(9-6-10-29(33)34)31-26-21-23(30(35)36)13-16-27(26)39-20-17-22-11-14-25(15-12-22)38-19-5-4-18-37-24-7-2-1-3-8-24/h1-3,7-8,11-16,21H,4-6,9-10,17-20H2,(H,31,32)(H,33,34)(H,35,36). The summed E-state index contributed by atoms with van der Waals surface area (Å²) in [5, 5.41) is 20.8. The first-order valence-corrected chi connectivity index (χ1v) is 13.8. The Morgan fingerprint density at radius 3 is 2.08 bits per heavy atom. The van der Waals surface area contributed by atoms with Crippen LogP contribution in [-0.4, -0.2) is 47.0 Å². The predicted octanol–water partition coefficient (Wildman–Crippen LogP) is 6.15. The highest BCUT2D eigenvalue weighted by Crippen LogP contribution is 2.30. The first kappa shape index (κ1) is 29.6. The largest absolute Gasteiger partial charge is 0.494 e. The lowest BCUT2D eigenvalue weighted by Gasteiger charge is -2.12. The van der Waals surface area contributed by atoms with Crippen LogP contribution in [-0.2, 0) is 16.0 Å². The van der Waals surface area contributed by atoms with Gasteiger partial charge in [0.05, 0.1) is 24.5 Å². The molecule has 8 nitrogen and oxygen atoms in total. The van der Waals surface area contributed by atoms with Gasteiger partial charge >= 0.3 is 11.9 Å². The number of para-hydroxylation sites is 1. The Balaban J connectivity index is 1.42. The average molecular weight is 552 g/mol. The van der Waals surface area contributed by atoms with Crippen LogP contribution in [0.15, 0.2) is 77.7 Å². The molecule has 0 spiro atoms. The normalized spacial score (nSPS) is 10.6. The van der Waals surface area contributed by atoms with E-state index >= 15 is 0 Å². The van der Waals surface area contributed by atoms with Gasteiger partial charge in [-0.3, -0.25) is 9.59 Å². The number of ether oxygens (including phenoxy) is 2. The van der Waals surface area contributed by atoms with Gasteiger partial charge in [0, 0.05) is 23.5 Å². The monoisotopic (exact) mass is 551 g/mol. The molecule has 0 atom stereocenters. The van der Waals surface area contributed by atoms with Crippen LogP contribution in [0.4, 0.5) is 5.69 Å². The zero-order valence-corrected chi connectivity index (χ0v) is 22.5. The van der Waals surface area contributed by atoms with Crippen LogP contribution in [0.2, 0.25) is 0 Å². The van der Waals surface area contributed by atoms with Gasteiger partial charge in [0.2, 0.25) is 5.91 Å². The topological polar surface area (TPSA) is 122 Å². The van der Waals surface area contributed by atoms with Gasteiger partial charge in [-0.05, 0) is 73.7 Å². The van der Waals surface area contributed by atoms with Crippen molar-refractivity contribution in [3.8, 4) is 11.5 Å². The lowest BCUT2D eigenvalue weighted by Crippen LogP contribution is -2.13. The van der Waals surface area contributed by atoms with E-state index in [0.717, 1.165) is 47.0 Å². The third-order valence-corrected chi connectivity index (χ3v) is 6.76. The van der Waals surface area contributed by atoms with Crippen molar-refractivity contribution in [3.05, 3.63) is 83.9 Å². The van der Waals surface area contributed by atoms with E-state index in [-0.39, 0.29) is 30.7 Å². The number of unbranched alkanes of at least 4 members (excludes halogenated alkanes) is 1. The highest BCUT2D eigenvalue weighted by atomic mass is 32.2. The van der Waals surface area contributed by atoms with Crippen LogP contribution < -0.4 is 14.8 Å². The van der Waals surface area contributed by atoms with Gasteiger partial charge in [0.15, 0.2) is 0 Å². The molecular formula is C30H33NO7S. The Kier molecular flexibility index (Phi) is 12.2. The number of benzene rings is 3. The minimum Gasteiger partial charge on any atom is -0.494 e. The van der Waals surface area contributed by atoms with E-state index < -0.39 is 11.9 Å². The van der Waals surface area contributed by atoms with Crippen molar-refractivity contribution in [2.75, 3.05) is 24.3 Å². The number of carbonyl (C=O) groups is 3. The van der Waals surface area contributed by atoms with Gasteiger partial charge in [-0.25, -0.2) is 4.79 Å². The molecule has 0 saturated heterocycles. The number of amides is 1. The highest BCUT2D eigenvalue weighted by molar-refractivity contribution is 7.99. The van der Waals surface area contributed by atoms with Crippen LogP contribution in [0.3, 0.4) is 0 Å².